The zero-order valence-corrected chi connectivity index (χ0v) is 16.3. The van der Waals surface area contributed by atoms with Gasteiger partial charge < -0.3 is 10.1 Å². The zero-order valence-electron chi connectivity index (χ0n) is 15.5. The second-order valence-corrected chi connectivity index (χ2v) is 7.79. The van der Waals surface area contributed by atoms with E-state index in [4.69, 9.17) is 4.74 Å². The van der Waals surface area contributed by atoms with Gasteiger partial charge >= 0.3 is 0 Å². The molecule has 2 N–H and O–H groups in total. The maximum Gasteiger partial charge on any atom is 0.262 e. The minimum Gasteiger partial charge on any atom is -0.494 e. The van der Waals surface area contributed by atoms with Gasteiger partial charge in [0.1, 0.15) is 5.75 Å². The van der Waals surface area contributed by atoms with Crippen molar-refractivity contribution >= 4 is 27.3 Å². The molecular formula is C21H20N2O4S. The van der Waals surface area contributed by atoms with Gasteiger partial charge in [-0.25, -0.2) is 8.42 Å². The molecule has 3 aromatic carbocycles. The lowest BCUT2D eigenvalue weighted by Gasteiger charge is -2.16. The van der Waals surface area contributed by atoms with Crippen LogP contribution in [0.1, 0.15) is 15.9 Å². The number of carbonyl (C=O) groups is 1. The first-order valence-electron chi connectivity index (χ1n) is 8.53. The second-order valence-electron chi connectivity index (χ2n) is 6.11. The summed E-state index contributed by atoms with van der Waals surface area (Å²) in [5, 5.41) is 2.83. The first-order valence-corrected chi connectivity index (χ1v) is 10.0. The van der Waals surface area contributed by atoms with Crippen molar-refractivity contribution in [3.05, 3.63) is 83.9 Å². The van der Waals surface area contributed by atoms with Crippen LogP contribution in [-0.4, -0.2) is 21.4 Å². The Labute approximate surface area is 164 Å². The largest absolute Gasteiger partial charge is 0.494 e. The topological polar surface area (TPSA) is 84.5 Å². The molecule has 6 nitrogen and oxygen atoms in total. The number of hydrogen-bond acceptors (Lipinski definition) is 4. The summed E-state index contributed by atoms with van der Waals surface area (Å²) in [4.78, 5) is 12.6. The molecule has 28 heavy (non-hydrogen) atoms. The van der Waals surface area contributed by atoms with Crippen LogP contribution in [0.4, 0.5) is 11.4 Å². The number of hydrogen-bond donors (Lipinski definition) is 2. The van der Waals surface area contributed by atoms with Crippen LogP contribution in [-0.2, 0) is 10.0 Å². The number of carbonyl (C=O) groups excluding carboxylic acids is 1. The predicted molar refractivity (Wildman–Crippen MR) is 109 cm³/mol. The Hall–Kier alpha value is -3.32. The molecule has 0 fully saturated rings. The van der Waals surface area contributed by atoms with Gasteiger partial charge in [0.05, 0.1) is 17.7 Å². The number of nitrogens with one attached hydrogen (secondary N) is 2. The van der Waals surface area contributed by atoms with Crippen LogP contribution >= 0.6 is 0 Å². The quantitative estimate of drug-likeness (QED) is 0.658. The average Bonchev–Trinajstić information content (AvgIpc) is 2.71. The van der Waals surface area contributed by atoms with Gasteiger partial charge in [-0.1, -0.05) is 36.4 Å². The Morgan fingerprint density at radius 1 is 0.893 bits per heavy atom. The minimum atomic E-state index is -3.76. The molecular weight excluding hydrogens is 376 g/mol. The summed E-state index contributed by atoms with van der Waals surface area (Å²) in [7, 11) is -2.32. The summed E-state index contributed by atoms with van der Waals surface area (Å²) >= 11 is 0. The molecule has 7 heteroatoms. The van der Waals surface area contributed by atoms with E-state index < -0.39 is 10.0 Å². The number of anilines is 2. The number of rotatable bonds is 6. The number of sulfonamides is 1. The van der Waals surface area contributed by atoms with Crippen molar-refractivity contribution < 1.29 is 17.9 Å². The molecule has 0 radical (unpaired) electrons. The van der Waals surface area contributed by atoms with Crippen LogP contribution in [0.3, 0.4) is 0 Å². The van der Waals surface area contributed by atoms with Crippen molar-refractivity contribution in [2.75, 3.05) is 17.1 Å². The summed E-state index contributed by atoms with van der Waals surface area (Å²) in [6.07, 6.45) is 0. The van der Waals surface area contributed by atoms with Gasteiger partial charge in [0, 0.05) is 17.3 Å². The Morgan fingerprint density at radius 2 is 1.50 bits per heavy atom. The zero-order chi connectivity index (χ0) is 20.1. The van der Waals surface area contributed by atoms with Crippen molar-refractivity contribution in [2.45, 2.75) is 11.8 Å². The Bertz CT molecular complexity index is 1080. The maximum atomic E-state index is 12.6. The third-order valence-electron chi connectivity index (χ3n) is 4.13. The fourth-order valence-electron chi connectivity index (χ4n) is 2.66. The highest BCUT2D eigenvalue weighted by Gasteiger charge is 2.18. The van der Waals surface area contributed by atoms with Crippen LogP contribution < -0.4 is 14.8 Å². The molecule has 3 aromatic rings. The van der Waals surface area contributed by atoms with Gasteiger partial charge in [-0.05, 0) is 42.8 Å². The monoisotopic (exact) mass is 396 g/mol. The van der Waals surface area contributed by atoms with Crippen molar-refractivity contribution in [2.24, 2.45) is 0 Å². The normalized spacial score (nSPS) is 10.9. The Kier molecular flexibility index (Phi) is 5.65. The van der Waals surface area contributed by atoms with Crippen LogP contribution in [0.25, 0.3) is 0 Å². The summed E-state index contributed by atoms with van der Waals surface area (Å²) in [6, 6.07) is 20.1. The molecule has 0 saturated carbocycles. The number of methoxy groups -OCH3 is 1. The van der Waals surface area contributed by atoms with Crippen LogP contribution in [0.2, 0.25) is 0 Å². The molecule has 0 aliphatic carbocycles. The van der Waals surface area contributed by atoms with Gasteiger partial charge in [-0.15, -0.1) is 0 Å². The Morgan fingerprint density at radius 3 is 2.11 bits per heavy atom. The maximum absolute atomic E-state index is 12.6. The van der Waals surface area contributed by atoms with Crippen molar-refractivity contribution in [3.63, 3.8) is 0 Å². The third-order valence-corrected chi connectivity index (χ3v) is 5.51. The fourth-order valence-corrected chi connectivity index (χ4v) is 3.74. The van der Waals surface area contributed by atoms with E-state index in [1.165, 1.54) is 19.2 Å². The number of ether oxygens (including phenoxy) is 1. The standard InChI is InChI=1S/C21H20N2O4S/c1-15-13-19(23-28(25,26)17-11-7-4-8-12-17)20(27-2)14-18(15)22-21(24)16-9-5-3-6-10-16/h3-14,23H,1-2H3,(H,22,24). The van der Waals surface area contributed by atoms with E-state index in [2.05, 4.69) is 10.0 Å². The Balaban J connectivity index is 1.89. The van der Waals surface area contributed by atoms with Crippen molar-refractivity contribution in [3.8, 4) is 5.75 Å². The minimum absolute atomic E-state index is 0.149. The highest BCUT2D eigenvalue weighted by molar-refractivity contribution is 7.92. The molecule has 0 saturated heterocycles. The van der Waals surface area contributed by atoms with E-state index in [0.29, 0.717) is 28.3 Å². The molecule has 3 rings (SSSR count). The van der Waals surface area contributed by atoms with E-state index in [-0.39, 0.29) is 10.8 Å². The molecule has 0 aliphatic heterocycles. The SMILES string of the molecule is COc1cc(NC(=O)c2ccccc2)c(C)cc1NS(=O)(=O)c1ccccc1. The van der Waals surface area contributed by atoms with Crippen LogP contribution in [0.15, 0.2) is 77.7 Å². The first-order chi connectivity index (χ1) is 13.4. The second kappa shape index (κ2) is 8.14. The molecule has 0 unspecified atom stereocenters. The summed E-state index contributed by atoms with van der Waals surface area (Å²) < 4.78 is 33.1. The van der Waals surface area contributed by atoms with E-state index in [1.54, 1.807) is 61.5 Å². The molecule has 0 spiro atoms. The molecule has 1 amide bonds. The fraction of sp³-hybridized carbons (Fsp3) is 0.0952. The predicted octanol–water partition coefficient (Wildman–Crippen LogP) is 4.06. The lowest BCUT2D eigenvalue weighted by atomic mass is 10.1. The van der Waals surface area contributed by atoms with E-state index in [9.17, 15) is 13.2 Å². The number of aryl methyl sites for hydroxylation is 1. The van der Waals surface area contributed by atoms with E-state index in [0.717, 1.165) is 0 Å². The van der Waals surface area contributed by atoms with Crippen molar-refractivity contribution in [1.82, 2.24) is 0 Å². The van der Waals surface area contributed by atoms with Crippen LogP contribution in [0, 0.1) is 6.92 Å². The van der Waals surface area contributed by atoms with Crippen LogP contribution in [0.5, 0.6) is 5.75 Å². The molecule has 0 atom stereocenters. The third kappa shape index (κ3) is 4.32. The van der Waals surface area contributed by atoms with Crippen molar-refractivity contribution in [1.29, 1.82) is 0 Å². The number of amides is 1. The molecule has 0 heterocycles. The molecule has 0 bridgehead atoms. The van der Waals surface area contributed by atoms with Gasteiger partial charge in [0.2, 0.25) is 0 Å². The lowest BCUT2D eigenvalue weighted by molar-refractivity contribution is 0.102. The molecule has 144 valence electrons. The summed E-state index contributed by atoms with van der Waals surface area (Å²) in [6.45, 7) is 1.78. The number of benzene rings is 3. The molecule has 0 aliphatic rings. The summed E-state index contributed by atoms with van der Waals surface area (Å²) in [5.74, 6) is 0.0387. The molecule has 0 aromatic heterocycles. The van der Waals surface area contributed by atoms with Gasteiger partial charge in [0.15, 0.2) is 0 Å². The highest BCUT2D eigenvalue weighted by atomic mass is 32.2. The van der Waals surface area contributed by atoms with Gasteiger partial charge in [-0.3, -0.25) is 9.52 Å². The summed E-state index contributed by atoms with van der Waals surface area (Å²) in [5.41, 5.74) is 2.04. The van der Waals surface area contributed by atoms with Gasteiger partial charge in [-0.2, -0.15) is 0 Å². The van der Waals surface area contributed by atoms with E-state index >= 15 is 0 Å². The van der Waals surface area contributed by atoms with E-state index in [1.807, 2.05) is 6.07 Å². The highest BCUT2D eigenvalue weighted by Crippen LogP contribution is 2.33. The lowest BCUT2D eigenvalue weighted by Crippen LogP contribution is -2.15. The van der Waals surface area contributed by atoms with Gasteiger partial charge in [0.25, 0.3) is 15.9 Å². The average molecular weight is 396 g/mol. The smallest absolute Gasteiger partial charge is 0.262 e. The first kappa shape index (κ1) is 19.4.